The van der Waals surface area contributed by atoms with E-state index in [0.717, 1.165) is 17.0 Å². The highest BCUT2D eigenvalue weighted by Crippen LogP contribution is 2.39. The number of ether oxygens (including phenoxy) is 3. The molecule has 4 aromatic carbocycles. The van der Waals surface area contributed by atoms with Crippen molar-refractivity contribution in [3.05, 3.63) is 154 Å². The van der Waals surface area contributed by atoms with Gasteiger partial charge in [0.05, 0.1) is 41.2 Å². The Bertz CT molecular complexity index is 2820. The Kier molecular flexibility index (Phi) is 13.5. The molecular weight excluding hydrogens is 819 g/mol. The normalized spacial score (nSPS) is 14.9. The molecule has 2 aliphatic carbocycles. The first-order chi connectivity index (χ1) is 30.8. The van der Waals surface area contributed by atoms with E-state index in [-0.39, 0.29) is 65.4 Å². The Morgan fingerprint density at radius 1 is 0.734 bits per heavy atom. The van der Waals surface area contributed by atoms with E-state index < -0.39 is 41.4 Å². The molecule has 64 heavy (non-hydrogen) atoms. The van der Waals surface area contributed by atoms with Crippen molar-refractivity contribution in [1.29, 1.82) is 0 Å². The van der Waals surface area contributed by atoms with Crippen molar-refractivity contribution < 1.29 is 53.2 Å². The van der Waals surface area contributed by atoms with Gasteiger partial charge in [0.15, 0.2) is 23.1 Å². The number of aliphatic hydroxyl groups excluding tert-OH is 1. The molecule has 2 heterocycles. The van der Waals surface area contributed by atoms with E-state index in [4.69, 9.17) is 19.9 Å². The van der Waals surface area contributed by atoms with E-state index in [0.29, 0.717) is 58.4 Å². The minimum Gasteiger partial charge on any atom is -0.506 e. The zero-order valence-corrected chi connectivity index (χ0v) is 35.1. The second-order valence-corrected chi connectivity index (χ2v) is 15.7. The van der Waals surface area contributed by atoms with Gasteiger partial charge < -0.3 is 30.2 Å². The quantitative estimate of drug-likeness (QED) is 0.0323. The third-order valence-corrected chi connectivity index (χ3v) is 11.0. The number of Topliss-reactive ketones (excluding diaryl/α,β-unsaturated/α-hetero) is 4. The van der Waals surface area contributed by atoms with Crippen molar-refractivity contribution in [3.8, 4) is 5.75 Å². The maximum Gasteiger partial charge on any atom is 0.338 e. The lowest BCUT2D eigenvalue weighted by atomic mass is 9.96. The largest absolute Gasteiger partial charge is 0.506 e. The number of esters is 2. The van der Waals surface area contributed by atoms with Crippen LogP contribution in [0.15, 0.2) is 110 Å². The van der Waals surface area contributed by atoms with Gasteiger partial charge in [-0.05, 0) is 72.9 Å². The minimum atomic E-state index is -1.33. The number of aromatic nitrogens is 2. The molecule has 2 aliphatic rings. The standard InChI is InChI=1S/C32H33NO9.C18H12N2O2/c1-4-27(36)41-12-6-5-11-40-16-22(34)17-42-32(39)20-7-9-23-24(14-20)31(38)28(30(23)37)29-26(35)15-21-13-19(18(2)3)8-10-25(21)33-29;19-13-7-3-4-10-8-9-14(20-16(10)13)15-17(21)11-5-1-2-6-12(11)18(15)22/h4,7-10,13-15,18,22,28,34-35H,1,5-6,11-12,16-17H2,2-3H3;1-9,15H,19H2. The van der Waals surface area contributed by atoms with E-state index in [1.807, 2.05) is 30.3 Å². The molecule has 326 valence electrons. The van der Waals surface area contributed by atoms with Crippen LogP contribution in [0.5, 0.6) is 5.75 Å². The molecule has 0 amide bonds. The lowest BCUT2D eigenvalue weighted by Crippen LogP contribution is -2.24. The fourth-order valence-electron chi connectivity index (χ4n) is 7.56. The summed E-state index contributed by atoms with van der Waals surface area (Å²) >= 11 is 0. The molecule has 0 bridgehead atoms. The predicted molar refractivity (Wildman–Crippen MR) is 237 cm³/mol. The van der Waals surface area contributed by atoms with Crippen LogP contribution >= 0.6 is 0 Å². The molecule has 0 radical (unpaired) electrons. The Morgan fingerprint density at radius 2 is 1.42 bits per heavy atom. The van der Waals surface area contributed by atoms with Crippen LogP contribution in [0.25, 0.3) is 21.8 Å². The van der Waals surface area contributed by atoms with E-state index in [2.05, 4.69) is 30.4 Å². The first kappa shape index (κ1) is 44.6. The number of para-hydroxylation sites is 1. The van der Waals surface area contributed by atoms with Crippen LogP contribution < -0.4 is 5.73 Å². The molecule has 6 aromatic rings. The van der Waals surface area contributed by atoms with Crippen molar-refractivity contribution in [1.82, 2.24) is 9.97 Å². The van der Waals surface area contributed by atoms with Crippen LogP contribution in [0.2, 0.25) is 0 Å². The topological polar surface area (TPSA) is 222 Å². The summed E-state index contributed by atoms with van der Waals surface area (Å²) < 4.78 is 15.4. The maximum absolute atomic E-state index is 13.3. The molecule has 2 unspecified atom stereocenters. The highest BCUT2D eigenvalue weighted by atomic mass is 16.5. The first-order valence-electron chi connectivity index (χ1n) is 20.7. The van der Waals surface area contributed by atoms with Crippen molar-refractivity contribution in [3.63, 3.8) is 0 Å². The number of ketones is 4. The van der Waals surface area contributed by atoms with Crippen LogP contribution in [0.4, 0.5) is 5.69 Å². The third-order valence-electron chi connectivity index (χ3n) is 11.0. The number of pyridine rings is 2. The number of carbonyl (C=O) groups excluding carboxylic acids is 6. The number of fused-ring (bicyclic) bond motifs is 4. The van der Waals surface area contributed by atoms with Gasteiger partial charge in [0.1, 0.15) is 36.0 Å². The zero-order chi connectivity index (χ0) is 45.7. The number of unbranched alkanes of at least 4 members (excludes halogenated alkanes) is 1. The summed E-state index contributed by atoms with van der Waals surface area (Å²) in [7, 11) is 0. The van der Waals surface area contributed by atoms with Gasteiger partial charge in [0.2, 0.25) is 0 Å². The van der Waals surface area contributed by atoms with Crippen molar-refractivity contribution in [2.24, 2.45) is 0 Å². The predicted octanol–water partition coefficient (Wildman–Crippen LogP) is 7.25. The van der Waals surface area contributed by atoms with E-state index in [1.54, 1.807) is 42.5 Å². The van der Waals surface area contributed by atoms with Gasteiger partial charge in [-0.3, -0.25) is 19.2 Å². The van der Waals surface area contributed by atoms with Gasteiger partial charge in [-0.2, -0.15) is 0 Å². The Morgan fingerprint density at radius 3 is 2.14 bits per heavy atom. The highest BCUT2D eigenvalue weighted by Gasteiger charge is 2.43. The molecule has 0 aliphatic heterocycles. The highest BCUT2D eigenvalue weighted by molar-refractivity contribution is 6.30. The van der Waals surface area contributed by atoms with Crippen molar-refractivity contribution in [2.45, 2.75) is 50.5 Å². The minimum absolute atomic E-state index is 0.0315. The Balaban J connectivity index is 0.000000231. The summed E-state index contributed by atoms with van der Waals surface area (Å²) in [5.41, 5.74) is 10.3. The second kappa shape index (κ2) is 19.3. The summed E-state index contributed by atoms with van der Waals surface area (Å²) in [6.07, 6.45) is 1.20. The summed E-state index contributed by atoms with van der Waals surface area (Å²) in [6, 6.07) is 27.1. The number of nitrogens with two attached hydrogens (primary N) is 1. The number of carbonyl (C=O) groups is 6. The monoisotopic (exact) mass is 863 g/mol. The van der Waals surface area contributed by atoms with E-state index in [1.165, 1.54) is 24.3 Å². The van der Waals surface area contributed by atoms with Gasteiger partial charge in [-0.15, -0.1) is 0 Å². The maximum atomic E-state index is 13.3. The van der Waals surface area contributed by atoms with Crippen LogP contribution in [0.1, 0.15) is 113 Å². The number of rotatable bonds is 14. The number of hydrogen-bond acceptors (Lipinski definition) is 14. The number of anilines is 1. The number of nitrogen functional groups attached to an aromatic ring is 1. The number of hydrogen-bond donors (Lipinski definition) is 3. The molecule has 0 saturated heterocycles. The molecule has 4 N–H and O–H groups in total. The molecule has 0 saturated carbocycles. The lowest BCUT2D eigenvalue weighted by molar-refractivity contribution is -0.137. The van der Waals surface area contributed by atoms with Gasteiger partial charge in [0, 0.05) is 45.7 Å². The SMILES string of the molecule is C=CC(=O)OCCCCOCC(O)COC(=O)c1ccc2c(c1)C(=O)C(c1nc3ccc(C(C)C)cc3cc1O)C2=O.Nc1cccc2ccc(C3C(=O)c4ccccc4C3=O)nc12. The zero-order valence-electron chi connectivity index (χ0n) is 35.1. The van der Waals surface area contributed by atoms with Gasteiger partial charge in [-0.1, -0.05) is 69.0 Å². The smallest absolute Gasteiger partial charge is 0.338 e. The molecule has 2 aromatic heterocycles. The van der Waals surface area contributed by atoms with Gasteiger partial charge in [-0.25, -0.2) is 19.6 Å². The molecule has 14 heteroatoms. The van der Waals surface area contributed by atoms with Crippen LogP contribution in [-0.2, 0) is 19.0 Å². The van der Waals surface area contributed by atoms with Crippen molar-refractivity contribution >= 4 is 62.6 Å². The number of benzene rings is 4. The van der Waals surface area contributed by atoms with E-state index in [9.17, 15) is 39.0 Å². The fraction of sp³-hybridized carbons (Fsp3) is 0.240. The summed E-state index contributed by atoms with van der Waals surface area (Å²) in [5, 5.41) is 22.4. The molecule has 8 rings (SSSR count). The fourth-order valence-corrected chi connectivity index (χ4v) is 7.56. The third kappa shape index (κ3) is 9.33. The molecule has 2 atom stereocenters. The molecular formula is C50H45N3O11. The first-order valence-corrected chi connectivity index (χ1v) is 20.7. The number of nitrogens with zero attached hydrogens (tertiary/aromatic N) is 2. The molecule has 14 nitrogen and oxygen atoms in total. The molecule has 0 fully saturated rings. The van der Waals surface area contributed by atoms with Gasteiger partial charge in [0.25, 0.3) is 0 Å². The van der Waals surface area contributed by atoms with Crippen molar-refractivity contribution in [2.75, 3.05) is 32.2 Å². The molecule has 0 spiro atoms. The number of aliphatic hydroxyl groups is 1. The second-order valence-electron chi connectivity index (χ2n) is 15.7. The average molecular weight is 864 g/mol. The van der Waals surface area contributed by atoms with Crippen LogP contribution in [0, 0.1) is 0 Å². The Labute approximate surface area is 367 Å². The average Bonchev–Trinajstić information content (AvgIpc) is 3.70. The van der Waals surface area contributed by atoms with E-state index >= 15 is 0 Å². The van der Waals surface area contributed by atoms with Gasteiger partial charge >= 0.3 is 11.9 Å². The lowest BCUT2D eigenvalue weighted by Gasteiger charge is -2.12. The summed E-state index contributed by atoms with van der Waals surface area (Å²) in [6.45, 7) is 7.56. The van der Waals surface area contributed by atoms with Crippen LogP contribution in [0.3, 0.4) is 0 Å². The summed E-state index contributed by atoms with van der Waals surface area (Å²) in [5.74, 6) is -4.90. The summed E-state index contributed by atoms with van der Waals surface area (Å²) in [4.78, 5) is 84.1. The number of aromatic hydroxyl groups is 1. The van der Waals surface area contributed by atoms with Crippen LogP contribution in [-0.4, -0.2) is 87.8 Å². The Hall–Kier alpha value is -7.42.